The van der Waals surface area contributed by atoms with Gasteiger partial charge >= 0.3 is 0 Å². The molecule has 0 unspecified atom stereocenters. The fourth-order valence-corrected chi connectivity index (χ4v) is 5.73. The minimum Gasteiger partial charge on any atom is -0.494 e. The van der Waals surface area contributed by atoms with E-state index in [1.54, 1.807) is 0 Å². The molecule has 170 valence electrons. The lowest BCUT2D eigenvalue weighted by Gasteiger charge is -2.11. The fraction of sp³-hybridized carbons (Fsp3) is 0.174. The molecule has 3 N–H and O–H groups in total. The lowest BCUT2D eigenvalue weighted by atomic mass is 9.99. The van der Waals surface area contributed by atoms with Gasteiger partial charge < -0.3 is 15.8 Å². The molecule has 0 aliphatic rings. The Kier molecular flexibility index (Phi) is 7.28. The van der Waals surface area contributed by atoms with Gasteiger partial charge in [0.2, 0.25) is 5.91 Å². The van der Waals surface area contributed by atoms with Gasteiger partial charge in [-0.25, -0.2) is 9.97 Å². The molecule has 4 aromatic rings. The maximum atomic E-state index is 12.5. The molecule has 0 spiro atoms. The predicted molar refractivity (Wildman–Crippen MR) is 136 cm³/mol. The smallest absolute Gasteiger partial charge is 0.226 e. The minimum absolute atomic E-state index is 0.0653. The molecule has 0 saturated carbocycles. The Morgan fingerprint density at radius 2 is 2.06 bits per heavy atom. The molecule has 0 fully saturated rings. The number of thioether (sulfide) groups is 1. The van der Waals surface area contributed by atoms with Crippen LogP contribution < -0.4 is 15.8 Å². The summed E-state index contributed by atoms with van der Waals surface area (Å²) in [6.07, 6.45) is 0.186. The van der Waals surface area contributed by atoms with Crippen molar-refractivity contribution in [3.63, 3.8) is 0 Å². The molecule has 8 nitrogen and oxygen atoms in total. The van der Waals surface area contributed by atoms with Crippen molar-refractivity contribution in [2.75, 3.05) is 23.4 Å². The molecule has 0 radical (unpaired) electrons. The van der Waals surface area contributed by atoms with Crippen LogP contribution in [0.15, 0.2) is 40.1 Å². The number of nitrogens with zero attached hydrogens (tertiary/aromatic N) is 4. The highest BCUT2D eigenvalue weighted by molar-refractivity contribution is 7.99. The normalized spacial score (nSPS) is 10.6. The monoisotopic (exact) mass is 506 g/mol. The van der Waals surface area contributed by atoms with Crippen molar-refractivity contribution in [3.8, 4) is 29.0 Å². The van der Waals surface area contributed by atoms with Crippen LogP contribution in [0.4, 0.5) is 10.9 Å². The number of amides is 1. The molecular weight excluding hydrogens is 488 g/mol. The third-order valence-corrected chi connectivity index (χ3v) is 7.30. The fourth-order valence-electron chi connectivity index (χ4n) is 3.23. The van der Waals surface area contributed by atoms with Crippen molar-refractivity contribution in [3.05, 3.63) is 46.2 Å². The number of thiazole rings is 1. The molecule has 0 aliphatic carbocycles. The quantitative estimate of drug-likeness (QED) is 0.308. The molecule has 0 aliphatic heterocycles. The van der Waals surface area contributed by atoms with Crippen LogP contribution >= 0.6 is 34.4 Å². The summed E-state index contributed by atoms with van der Waals surface area (Å²) in [5.41, 5.74) is 8.49. The molecule has 3 aromatic heterocycles. The molecule has 11 heteroatoms. The second-order valence-corrected chi connectivity index (χ2v) is 9.79. The maximum Gasteiger partial charge on any atom is 0.226 e. The van der Waals surface area contributed by atoms with Gasteiger partial charge in [-0.15, -0.1) is 11.8 Å². The van der Waals surface area contributed by atoms with Gasteiger partial charge in [0, 0.05) is 17.7 Å². The van der Waals surface area contributed by atoms with Crippen molar-refractivity contribution in [2.24, 2.45) is 0 Å². The molecule has 0 atom stereocenters. The van der Waals surface area contributed by atoms with Gasteiger partial charge in [0.05, 0.1) is 22.4 Å². The van der Waals surface area contributed by atoms with Crippen molar-refractivity contribution < 1.29 is 9.53 Å². The number of fused-ring (bicyclic) bond motifs is 1. The van der Waals surface area contributed by atoms with E-state index in [9.17, 15) is 15.3 Å². The number of carbonyl (C=O) groups is 1. The van der Waals surface area contributed by atoms with E-state index in [-0.39, 0.29) is 29.3 Å². The van der Waals surface area contributed by atoms with Crippen LogP contribution in [0.5, 0.6) is 5.75 Å². The zero-order valence-electron chi connectivity index (χ0n) is 18.0. The van der Waals surface area contributed by atoms with Crippen LogP contribution in [0.2, 0.25) is 0 Å². The topological polar surface area (TPSA) is 138 Å². The lowest BCUT2D eigenvalue weighted by molar-refractivity contribution is -0.115. The molecule has 4 rings (SSSR count). The molecule has 0 bridgehead atoms. The first-order chi connectivity index (χ1) is 16.5. The average molecular weight is 507 g/mol. The van der Waals surface area contributed by atoms with Gasteiger partial charge in [-0.1, -0.05) is 11.3 Å². The molecule has 34 heavy (non-hydrogen) atoms. The predicted octanol–water partition coefficient (Wildman–Crippen LogP) is 5.26. The summed E-state index contributed by atoms with van der Waals surface area (Å²) in [7, 11) is 0. The highest BCUT2D eigenvalue weighted by atomic mass is 32.2. The van der Waals surface area contributed by atoms with Crippen LogP contribution in [0, 0.1) is 22.7 Å². The first kappa shape index (κ1) is 23.5. The highest BCUT2D eigenvalue weighted by Gasteiger charge is 2.21. The number of nitriles is 2. The second-order valence-electron chi connectivity index (χ2n) is 6.89. The van der Waals surface area contributed by atoms with Crippen LogP contribution in [0.1, 0.15) is 24.5 Å². The zero-order chi connectivity index (χ0) is 24.1. The number of hydrogen-bond donors (Lipinski definition) is 2. The number of carbonyl (C=O) groups excluding carboxylic acids is 1. The molecule has 1 aromatic carbocycles. The van der Waals surface area contributed by atoms with E-state index in [4.69, 9.17) is 10.5 Å². The summed E-state index contributed by atoms with van der Waals surface area (Å²) in [6.45, 7) is 2.50. The Labute approximate surface area is 208 Å². The van der Waals surface area contributed by atoms with Crippen molar-refractivity contribution in [1.82, 2.24) is 9.97 Å². The van der Waals surface area contributed by atoms with Crippen molar-refractivity contribution in [2.45, 2.75) is 18.4 Å². The summed E-state index contributed by atoms with van der Waals surface area (Å²) >= 11 is 4.09. The zero-order valence-corrected chi connectivity index (χ0v) is 20.4. The van der Waals surface area contributed by atoms with Crippen molar-refractivity contribution >= 4 is 61.5 Å². The standard InChI is InChI=1S/C23H18N6O2S3/c1-2-31-14-3-4-17-18(9-14)34-23(27-17)28-19(30)6-8-33-22-16(11-25)20(13-5-7-32-12-13)15(10-24)21(26)29-22/h3-5,7,9,12H,2,6,8H2,1H3,(H2,26,29)(H,27,28,30). The third-order valence-electron chi connectivity index (χ3n) is 4.71. The number of nitrogens with one attached hydrogen (secondary N) is 1. The summed E-state index contributed by atoms with van der Waals surface area (Å²) in [6, 6.07) is 11.7. The summed E-state index contributed by atoms with van der Waals surface area (Å²) in [4.78, 5) is 21.2. The SMILES string of the molecule is CCOc1ccc2nc(NC(=O)CCSc3nc(N)c(C#N)c(-c4ccsc4)c3C#N)sc2c1. The van der Waals surface area contributed by atoms with Gasteiger partial charge in [-0.05, 0) is 47.5 Å². The third kappa shape index (κ3) is 4.97. The number of ether oxygens (including phenoxy) is 1. The number of aromatic nitrogens is 2. The first-order valence-electron chi connectivity index (χ1n) is 10.2. The van der Waals surface area contributed by atoms with E-state index in [1.807, 2.05) is 41.9 Å². The van der Waals surface area contributed by atoms with Gasteiger partial charge in [-0.2, -0.15) is 21.9 Å². The second kappa shape index (κ2) is 10.5. The molecule has 3 heterocycles. The Hall–Kier alpha value is -3.64. The largest absolute Gasteiger partial charge is 0.494 e. The Morgan fingerprint density at radius 3 is 2.76 bits per heavy atom. The lowest BCUT2D eigenvalue weighted by Crippen LogP contribution is -2.12. The number of anilines is 2. The van der Waals surface area contributed by atoms with E-state index in [0.717, 1.165) is 21.5 Å². The van der Waals surface area contributed by atoms with E-state index >= 15 is 0 Å². The molecule has 0 saturated heterocycles. The van der Waals surface area contributed by atoms with Crippen molar-refractivity contribution in [1.29, 1.82) is 10.5 Å². The van der Waals surface area contributed by atoms with E-state index in [0.29, 0.717) is 28.1 Å². The number of thiophene rings is 1. The van der Waals surface area contributed by atoms with Gasteiger partial charge in [0.1, 0.15) is 34.3 Å². The van der Waals surface area contributed by atoms with E-state index in [2.05, 4.69) is 27.4 Å². The molecule has 1 amide bonds. The minimum atomic E-state index is -0.199. The molecular formula is C23H18N6O2S3. The summed E-state index contributed by atoms with van der Waals surface area (Å²) in [5.74, 6) is 1.00. The van der Waals surface area contributed by atoms with Gasteiger partial charge in [-0.3, -0.25) is 4.79 Å². The first-order valence-corrected chi connectivity index (χ1v) is 12.9. The van der Waals surface area contributed by atoms with Gasteiger partial charge in [0.15, 0.2) is 5.13 Å². The van der Waals surface area contributed by atoms with E-state index < -0.39 is 0 Å². The van der Waals surface area contributed by atoms with Crippen LogP contribution in [0.3, 0.4) is 0 Å². The van der Waals surface area contributed by atoms with Gasteiger partial charge in [0.25, 0.3) is 0 Å². The number of nitrogen functional groups attached to an aromatic ring is 1. The number of pyridine rings is 1. The maximum absolute atomic E-state index is 12.5. The highest BCUT2D eigenvalue weighted by Crippen LogP contribution is 2.36. The Morgan fingerprint density at radius 1 is 1.24 bits per heavy atom. The summed E-state index contributed by atoms with van der Waals surface area (Å²) in [5, 5.41) is 26.8. The Balaban J connectivity index is 1.45. The van der Waals surface area contributed by atoms with Crippen LogP contribution in [-0.4, -0.2) is 28.2 Å². The average Bonchev–Trinajstić information content (AvgIpc) is 3.48. The number of hydrogen-bond acceptors (Lipinski definition) is 10. The summed E-state index contributed by atoms with van der Waals surface area (Å²) < 4.78 is 6.43. The van der Waals surface area contributed by atoms with Crippen LogP contribution in [-0.2, 0) is 4.79 Å². The number of benzene rings is 1. The van der Waals surface area contributed by atoms with E-state index in [1.165, 1.54) is 34.4 Å². The van der Waals surface area contributed by atoms with Crippen LogP contribution in [0.25, 0.3) is 21.3 Å². The Bertz CT molecular complexity index is 1430. The number of rotatable bonds is 8. The number of nitrogens with two attached hydrogens (primary N) is 1.